The molecule has 1 aliphatic rings. The van der Waals surface area contributed by atoms with Crippen molar-refractivity contribution < 1.29 is 9.59 Å². The van der Waals surface area contributed by atoms with Crippen molar-refractivity contribution >= 4 is 46.6 Å². The minimum atomic E-state index is -0.606. The Kier molecular flexibility index (Phi) is 8.65. The Labute approximate surface area is 198 Å². The van der Waals surface area contributed by atoms with E-state index in [-0.39, 0.29) is 30.8 Å². The lowest BCUT2D eigenvalue weighted by Gasteiger charge is -2.32. The third kappa shape index (κ3) is 6.15. The number of hydrogen-bond acceptors (Lipinski definition) is 2. The topological polar surface area (TPSA) is 49.4 Å². The standard InChI is InChI=1S/C24H27Cl3N2O2/c1-2-22(24(31)28-17-9-4-5-10-17)29(15-16-8-3-6-11-19(16)25)23(30)14-18-20(26)12-7-13-21(18)27/h3,6-8,11-13,17,22H,2,4-5,9-10,14-15H2,1H3,(H,28,31)/t22-/m1/s1. The third-order valence-corrected chi connectivity index (χ3v) is 6.85. The summed E-state index contributed by atoms with van der Waals surface area (Å²) in [5.74, 6) is -0.344. The number of carbonyl (C=O) groups is 2. The molecule has 31 heavy (non-hydrogen) atoms. The van der Waals surface area contributed by atoms with Gasteiger partial charge in [-0.1, -0.05) is 78.8 Å². The van der Waals surface area contributed by atoms with E-state index in [0.717, 1.165) is 31.2 Å². The molecule has 2 aromatic carbocycles. The van der Waals surface area contributed by atoms with E-state index in [1.165, 1.54) is 0 Å². The van der Waals surface area contributed by atoms with Crippen molar-refractivity contribution in [1.29, 1.82) is 0 Å². The molecule has 1 N–H and O–H groups in total. The van der Waals surface area contributed by atoms with E-state index >= 15 is 0 Å². The second-order valence-corrected chi connectivity index (χ2v) is 9.13. The van der Waals surface area contributed by atoms with Crippen LogP contribution in [0.3, 0.4) is 0 Å². The Hall–Kier alpha value is -1.75. The van der Waals surface area contributed by atoms with E-state index < -0.39 is 6.04 Å². The van der Waals surface area contributed by atoms with Crippen molar-refractivity contribution in [2.45, 2.75) is 64.1 Å². The molecule has 0 spiro atoms. The van der Waals surface area contributed by atoms with Crippen molar-refractivity contribution in [3.8, 4) is 0 Å². The molecular weight excluding hydrogens is 455 g/mol. The lowest BCUT2D eigenvalue weighted by molar-refractivity contribution is -0.141. The maximum atomic E-state index is 13.5. The predicted octanol–water partition coefficient (Wildman–Crippen LogP) is 6.06. The maximum Gasteiger partial charge on any atom is 0.243 e. The van der Waals surface area contributed by atoms with Crippen LogP contribution in [0.4, 0.5) is 0 Å². The quantitative estimate of drug-likeness (QED) is 0.498. The Morgan fingerprint density at radius 1 is 1.00 bits per heavy atom. The van der Waals surface area contributed by atoms with E-state index in [0.29, 0.717) is 27.1 Å². The van der Waals surface area contributed by atoms with Gasteiger partial charge in [-0.05, 0) is 48.6 Å². The van der Waals surface area contributed by atoms with Gasteiger partial charge in [0, 0.05) is 27.7 Å². The lowest BCUT2D eigenvalue weighted by atomic mass is 10.1. The molecule has 2 amide bonds. The number of halogens is 3. The molecule has 3 rings (SSSR count). The first-order valence-corrected chi connectivity index (χ1v) is 11.8. The molecule has 1 saturated carbocycles. The number of carbonyl (C=O) groups excluding carboxylic acids is 2. The Morgan fingerprint density at radius 2 is 1.61 bits per heavy atom. The molecule has 4 nitrogen and oxygen atoms in total. The number of rotatable bonds is 8. The van der Waals surface area contributed by atoms with Gasteiger partial charge in [-0.3, -0.25) is 9.59 Å². The highest BCUT2D eigenvalue weighted by Crippen LogP contribution is 2.27. The van der Waals surface area contributed by atoms with Crippen molar-refractivity contribution in [2.75, 3.05) is 0 Å². The predicted molar refractivity (Wildman–Crippen MR) is 127 cm³/mol. The summed E-state index contributed by atoms with van der Waals surface area (Å²) < 4.78 is 0. The monoisotopic (exact) mass is 480 g/mol. The molecule has 0 unspecified atom stereocenters. The second-order valence-electron chi connectivity index (χ2n) is 7.90. The first-order valence-electron chi connectivity index (χ1n) is 10.7. The van der Waals surface area contributed by atoms with Crippen molar-refractivity contribution in [3.05, 3.63) is 68.7 Å². The number of hydrogen-bond donors (Lipinski definition) is 1. The van der Waals surface area contributed by atoms with Crippen LogP contribution in [-0.2, 0) is 22.6 Å². The normalized spacial score (nSPS) is 15.0. The number of amides is 2. The Morgan fingerprint density at radius 3 is 2.23 bits per heavy atom. The summed E-state index contributed by atoms with van der Waals surface area (Å²) in [4.78, 5) is 28.2. The van der Waals surface area contributed by atoms with E-state index in [4.69, 9.17) is 34.8 Å². The van der Waals surface area contributed by atoms with Gasteiger partial charge in [0.25, 0.3) is 0 Å². The number of benzene rings is 2. The summed E-state index contributed by atoms with van der Waals surface area (Å²) in [6.07, 6.45) is 4.71. The van der Waals surface area contributed by atoms with Gasteiger partial charge in [-0.2, -0.15) is 0 Å². The molecule has 0 heterocycles. The molecule has 2 aromatic rings. The molecule has 7 heteroatoms. The minimum absolute atomic E-state index is 0.0101. The van der Waals surface area contributed by atoms with Crippen LogP contribution in [0.15, 0.2) is 42.5 Å². The first-order chi connectivity index (χ1) is 14.9. The van der Waals surface area contributed by atoms with Crippen LogP contribution >= 0.6 is 34.8 Å². The van der Waals surface area contributed by atoms with Crippen LogP contribution in [0, 0.1) is 0 Å². The summed E-state index contributed by atoms with van der Waals surface area (Å²) >= 11 is 19.0. The van der Waals surface area contributed by atoms with E-state index in [2.05, 4.69) is 5.32 Å². The Balaban J connectivity index is 1.87. The molecular formula is C24H27Cl3N2O2. The molecule has 1 atom stereocenters. The molecule has 0 aromatic heterocycles. The van der Waals surface area contributed by atoms with Gasteiger partial charge < -0.3 is 10.2 Å². The van der Waals surface area contributed by atoms with Gasteiger partial charge in [-0.15, -0.1) is 0 Å². The molecule has 0 radical (unpaired) electrons. The smallest absolute Gasteiger partial charge is 0.243 e. The van der Waals surface area contributed by atoms with E-state index in [1.54, 1.807) is 29.2 Å². The molecule has 0 bridgehead atoms. The van der Waals surface area contributed by atoms with Crippen molar-refractivity contribution in [1.82, 2.24) is 10.2 Å². The summed E-state index contributed by atoms with van der Waals surface area (Å²) in [6, 6.07) is 12.1. The zero-order valence-corrected chi connectivity index (χ0v) is 19.8. The van der Waals surface area contributed by atoms with E-state index in [1.807, 2.05) is 25.1 Å². The van der Waals surface area contributed by atoms with Crippen molar-refractivity contribution in [2.24, 2.45) is 0 Å². The minimum Gasteiger partial charge on any atom is -0.352 e. The fraction of sp³-hybridized carbons (Fsp3) is 0.417. The van der Waals surface area contributed by atoms with Crippen LogP contribution in [0.1, 0.15) is 50.2 Å². The van der Waals surface area contributed by atoms with Gasteiger partial charge in [0.2, 0.25) is 11.8 Å². The fourth-order valence-electron chi connectivity index (χ4n) is 4.05. The van der Waals surface area contributed by atoms with Gasteiger partial charge in [0.05, 0.1) is 6.42 Å². The molecule has 1 aliphatic carbocycles. The Bertz CT molecular complexity index is 909. The first kappa shape index (κ1) is 23.9. The average Bonchev–Trinajstić information content (AvgIpc) is 3.25. The van der Waals surface area contributed by atoms with Crippen LogP contribution in [0.25, 0.3) is 0 Å². The van der Waals surface area contributed by atoms with Gasteiger partial charge >= 0.3 is 0 Å². The maximum absolute atomic E-state index is 13.5. The summed E-state index contributed by atoms with van der Waals surface area (Å²) in [6.45, 7) is 2.14. The van der Waals surface area contributed by atoms with Gasteiger partial charge in [-0.25, -0.2) is 0 Å². The second kappa shape index (κ2) is 11.2. The number of nitrogens with zero attached hydrogens (tertiary/aromatic N) is 1. The lowest BCUT2D eigenvalue weighted by Crippen LogP contribution is -2.51. The highest BCUT2D eigenvalue weighted by Gasteiger charge is 2.31. The molecule has 166 valence electrons. The van der Waals surface area contributed by atoms with E-state index in [9.17, 15) is 9.59 Å². The van der Waals surface area contributed by atoms with Crippen molar-refractivity contribution in [3.63, 3.8) is 0 Å². The SMILES string of the molecule is CC[C@H](C(=O)NC1CCCC1)N(Cc1ccccc1Cl)C(=O)Cc1c(Cl)cccc1Cl. The van der Waals surface area contributed by atoms with Crippen LogP contribution < -0.4 is 5.32 Å². The molecule has 1 fully saturated rings. The molecule has 0 aliphatic heterocycles. The van der Waals surface area contributed by atoms with Gasteiger partial charge in [0.15, 0.2) is 0 Å². The number of nitrogens with one attached hydrogen (secondary N) is 1. The fourth-order valence-corrected chi connectivity index (χ4v) is 4.78. The average molecular weight is 482 g/mol. The highest BCUT2D eigenvalue weighted by molar-refractivity contribution is 6.36. The van der Waals surface area contributed by atoms with Crippen LogP contribution in [0.5, 0.6) is 0 Å². The largest absolute Gasteiger partial charge is 0.352 e. The molecule has 0 saturated heterocycles. The summed E-state index contributed by atoms with van der Waals surface area (Å²) in [5, 5.41) is 4.56. The summed E-state index contributed by atoms with van der Waals surface area (Å²) in [7, 11) is 0. The van der Waals surface area contributed by atoms with Gasteiger partial charge in [0.1, 0.15) is 6.04 Å². The third-order valence-electron chi connectivity index (χ3n) is 5.78. The zero-order valence-electron chi connectivity index (χ0n) is 17.5. The van der Waals surface area contributed by atoms with Crippen LogP contribution in [0.2, 0.25) is 15.1 Å². The zero-order chi connectivity index (χ0) is 22.4. The highest BCUT2D eigenvalue weighted by atomic mass is 35.5. The van der Waals surface area contributed by atoms with Crippen LogP contribution in [-0.4, -0.2) is 28.8 Å². The summed E-state index contributed by atoms with van der Waals surface area (Å²) in [5.41, 5.74) is 1.35.